The molecular formula is C9H5BrClNO. The van der Waals surface area contributed by atoms with E-state index in [1.165, 1.54) is 0 Å². The number of hydrogen-bond donors (Lipinski definition) is 0. The first-order valence-electron chi connectivity index (χ1n) is 3.64. The van der Waals surface area contributed by atoms with Crippen molar-refractivity contribution in [1.29, 1.82) is 0 Å². The summed E-state index contributed by atoms with van der Waals surface area (Å²) in [5, 5.41) is 0.277. The predicted molar refractivity (Wildman–Crippen MR) is 54.6 cm³/mol. The normalized spacial score (nSPS) is 10.3. The Kier molecular flexibility index (Phi) is 2.38. The molecule has 1 aromatic heterocycles. The zero-order chi connectivity index (χ0) is 9.26. The fraction of sp³-hybridized carbons (Fsp3) is 0. The third-order valence-corrected chi connectivity index (χ3v) is 2.59. The van der Waals surface area contributed by atoms with E-state index in [0.29, 0.717) is 10.5 Å². The maximum atomic E-state index is 5.70. The first-order valence-corrected chi connectivity index (χ1v) is 4.82. The minimum atomic E-state index is 0.277. The monoisotopic (exact) mass is 257 g/mol. The van der Waals surface area contributed by atoms with Gasteiger partial charge in [0.05, 0.1) is 0 Å². The van der Waals surface area contributed by atoms with Crippen LogP contribution >= 0.6 is 27.5 Å². The van der Waals surface area contributed by atoms with E-state index in [2.05, 4.69) is 20.9 Å². The van der Waals surface area contributed by atoms with Crippen LogP contribution in [-0.2, 0) is 0 Å². The number of nitrogens with zero attached hydrogens (tertiary/aromatic N) is 1. The van der Waals surface area contributed by atoms with Crippen LogP contribution in [0.4, 0.5) is 0 Å². The Morgan fingerprint density at radius 2 is 1.92 bits per heavy atom. The Morgan fingerprint density at radius 1 is 1.23 bits per heavy atom. The second-order valence-electron chi connectivity index (χ2n) is 2.45. The molecule has 13 heavy (non-hydrogen) atoms. The molecule has 66 valence electrons. The van der Waals surface area contributed by atoms with Crippen molar-refractivity contribution >= 4 is 27.5 Å². The molecule has 0 bridgehead atoms. The SMILES string of the molecule is Clc1oc(-c2ccccc2)nc1Br. The maximum Gasteiger partial charge on any atom is 0.229 e. The highest BCUT2D eigenvalue weighted by Gasteiger charge is 2.09. The Bertz CT molecular complexity index is 393. The number of oxazole rings is 1. The Hall–Kier alpha value is -0.800. The average Bonchev–Trinajstić information content (AvgIpc) is 2.49. The minimum absolute atomic E-state index is 0.277. The van der Waals surface area contributed by atoms with E-state index >= 15 is 0 Å². The summed E-state index contributed by atoms with van der Waals surface area (Å²) < 4.78 is 5.74. The molecular weight excluding hydrogens is 253 g/mol. The van der Waals surface area contributed by atoms with Crippen LogP contribution < -0.4 is 0 Å². The summed E-state index contributed by atoms with van der Waals surface area (Å²) in [6.07, 6.45) is 0. The van der Waals surface area contributed by atoms with Gasteiger partial charge in [-0.25, -0.2) is 4.98 Å². The third-order valence-electron chi connectivity index (χ3n) is 1.57. The summed E-state index contributed by atoms with van der Waals surface area (Å²) in [6, 6.07) is 9.59. The van der Waals surface area contributed by atoms with Crippen molar-refractivity contribution in [2.45, 2.75) is 0 Å². The van der Waals surface area contributed by atoms with E-state index < -0.39 is 0 Å². The van der Waals surface area contributed by atoms with E-state index in [4.69, 9.17) is 16.0 Å². The molecule has 0 unspecified atom stereocenters. The second kappa shape index (κ2) is 3.52. The number of halogens is 2. The topological polar surface area (TPSA) is 26.0 Å². The van der Waals surface area contributed by atoms with E-state index in [0.717, 1.165) is 5.56 Å². The molecule has 0 fully saturated rings. The fourth-order valence-electron chi connectivity index (χ4n) is 0.987. The molecule has 0 saturated heterocycles. The quantitative estimate of drug-likeness (QED) is 0.778. The molecule has 0 N–H and O–H groups in total. The van der Waals surface area contributed by atoms with Crippen molar-refractivity contribution < 1.29 is 4.42 Å². The van der Waals surface area contributed by atoms with Gasteiger partial charge in [-0.05, 0) is 39.7 Å². The van der Waals surface area contributed by atoms with E-state index in [9.17, 15) is 0 Å². The zero-order valence-corrected chi connectivity index (χ0v) is 8.84. The largest absolute Gasteiger partial charge is 0.423 e. The summed E-state index contributed by atoms with van der Waals surface area (Å²) in [6.45, 7) is 0. The Labute approximate surface area is 88.7 Å². The van der Waals surface area contributed by atoms with Gasteiger partial charge in [0.15, 0.2) is 4.60 Å². The smallest absolute Gasteiger partial charge is 0.229 e. The van der Waals surface area contributed by atoms with Gasteiger partial charge >= 0.3 is 0 Å². The minimum Gasteiger partial charge on any atom is -0.423 e. The summed E-state index contributed by atoms with van der Waals surface area (Å²) in [4.78, 5) is 4.10. The highest BCUT2D eigenvalue weighted by atomic mass is 79.9. The molecule has 4 heteroatoms. The van der Waals surface area contributed by atoms with Crippen molar-refractivity contribution in [3.05, 3.63) is 40.2 Å². The molecule has 0 aliphatic carbocycles. The van der Waals surface area contributed by atoms with Crippen LogP contribution in [0.3, 0.4) is 0 Å². The van der Waals surface area contributed by atoms with Crippen molar-refractivity contribution in [1.82, 2.24) is 4.98 Å². The number of hydrogen-bond acceptors (Lipinski definition) is 2. The predicted octanol–water partition coefficient (Wildman–Crippen LogP) is 3.76. The van der Waals surface area contributed by atoms with Crippen molar-refractivity contribution in [2.75, 3.05) is 0 Å². The average molecular weight is 259 g/mol. The zero-order valence-electron chi connectivity index (χ0n) is 6.50. The van der Waals surface area contributed by atoms with Gasteiger partial charge in [0, 0.05) is 5.56 Å². The summed E-state index contributed by atoms with van der Waals surface area (Å²) in [7, 11) is 0. The lowest BCUT2D eigenvalue weighted by Gasteiger charge is -1.91. The Balaban J connectivity index is 2.48. The molecule has 0 amide bonds. The molecule has 2 rings (SSSR count). The molecule has 0 aliphatic rings. The number of benzene rings is 1. The first kappa shape index (κ1) is 8.78. The molecule has 2 nitrogen and oxygen atoms in total. The van der Waals surface area contributed by atoms with Crippen LogP contribution in [0.1, 0.15) is 0 Å². The van der Waals surface area contributed by atoms with Crippen LogP contribution in [0.25, 0.3) is 11.5 Å². The van der Waals surface area contributed by atoms with Crippen molar-refractivity contribution in [3.8, 4) is 11.5 Å². The highest BCUT2D eigenvalue weighted by molar-refractivity contribution is 9.10. The van der Waals surface area contributed by atoms with Crippen molar-refractivity contribution in [3.63, 3.8) is 0 Å². The lowest BCUT2D eigenvalue weighted by molar-refractivity contribution is 0.576. The van der Waals surface area contributed by atoms with E-state index in [1.807, 2.05) is 30.3 Å². The lowest BCUT2D eigenvalue weighted by Crippen LogP contribution is -1.74. The van der Waals surface area contributed by atoms with Crippen LogP contribution in [0.15, 0.2) is 39.4 Å². The second-order valence-corrected chi connectivity index (χ2v) is 3.54. The first-order chi connectivity index (χ1) is 6.27. The van der Waals surface area contributed by atoms with E-state index in [-0.39, 0.29) is 5.22 Å². The maximum absolute atomic E-state index is 5.70. The molecule has 2 aromatic rings. The lowest BCUT2D eigenvalue weighted by atomic mass is 10.2. The van der Waals surface area contributed by atoms with Gasteiger partial charge in [-0.3, -0.25) is 0 Å². The summed E-state index contributed by atoms with van der Waals surface area (Å²) in [5.41, 5.74) is 0.912. The van der Waals surface area contributed by atoms with Gasteiger partial charge in [0.25, 0.3) is 0 Å². The molecule has 0 atom stereocenters. The third kappa shape index (κ3) is 1.76. The number of rotatable bonds is 1. The molecule has 1 aromatic carbocycles. The Morgan fingerprint density at radius 3 is 2.46 bits per heavy atom. The van der Waals surface area contributed by atoms with Crippen LogP contribution in [0.2, 0.25) is 5.22 Å². The van der Waals surface area contributed by atoms with Gasteiger partial charge in [0.2, 0.25) is 11.1 Å². The van der Waals surface area contributed by atoms with Crippen molar-refractivity contribution in [2.24, 2.45) is 0 Å². The van der Waals surface area contributed by atoms with Crippen LogP contribution in [-0.4, -0.2) is 4.98 Å². The van der Waals surface area contributed by atoms with Gasteiger partial charge < -0.3 is 4.42 Å². The van der Waals surface area contributed by atoms with Gasteiger partial charge in [-0.2, -0.15) is 0 Å². The van der Waals surface area contributed by atoms with Gasteiger partial charge in [-0.15, -0.1) is 0 Å². The molecule has 0 aliphatic heterocycles. The molecule has 0 saturated carbocycles. The highest BCUT2D eigenvalue weighted by Crippen LogP contribution is 2.28. The van der Waals surface area contributed by atoms with Gasteiger partial charge in [-0.1, -0.05) is 18.2 Å². The fourth-order valence-corrected chi connectivity index (χ4v) is 1.34. The molecule has 0 spiro atoms. The summed E-state index contributed by atoms with van der Waals surface area (Å²) >= 11 is 8.88. The standard InChI is InChI=1S/C9H5BrClNO/c10-7-8(11)13-9(12-7)6-4-2-1-3-5-6/h1-5H. The van der Waals surface area contributed by atoms with Gasteiger partial charge in [0.1, 0.15) is 0 Å². The molecule has 0 radical (unpaired) electrons. The number of aromatic nitrogens is 1. The van der Waals surface area contributed by atoms with Crippen LogP contribution in [0, 0.1) is 0 Å². The molecule has 1 heterocycles. The van der Waals surface area contributed by atoms with E-state index in [1.54, 1.807) is 0 Å². The summed E-state index contributed by atoms with van der Waals surface area (Å²) in [5.74, 6) is 0.525. The van der Waals surface area contributed by atoms with Crippen LogP contribution in [0.5, 0.6) is 0 Å².